The molecule has 5 nitrogen and oxygen atoms in total. The molecule has 5 heteroatoms. The Labute approximate surface area is 127 Å². The summed E-state index contributed by atoms with van der Waals surface area (Å²) in [5, 5.41) is 15.2. The molecule has 1 atom stereocenters. The normalized spacial score (nSPS) is 12.9. The largest absolute Gasteiger partial charge is 0.393 e. The van der Waals surface area contributed by atoms with Gasteiger partial charge in [-0.2, -0.15) is 0 Å². The number of aromatic nitrogens is 1. The molecule has 2 amide bonds. The Morgan fingerprint density at radius 3 is 2.52 bits per heavy atom. The molecule has 1 heterocycles. The SMILES string of the molecule is Cc1cc(C)c(NC(=O)NCC(C)(C)CC(C)O)c(C)n1. The van der Waals surface area contributed by atoms with Gasteiger partial charge >= 0.3 is 6.03 Å². The average molecular weight is 293 g/mol. The van der Waals surface area contributed by atoms with E-state index < -0.39 is 0 Å². The number of rotatable bonds is 5. The number of aryl methyl sites for hydroxylation is 3. The number of nitrogens with one attached hydrogen (secondary N) is 2. The van der Waals surface area contributed by atoms with Gasteiger partial charge in [-0.1, -0.05) is 13.8 Å². The highest BCUT2D eigenvalue weighted by Crippen LogP contribution is 2.22. The molecule has 0 aliphatic rings. The maximum Gasteiger partial charge on any atom is 0.319 e. The lowest BCUT2D eigenvalue weighted by molar-refractivity contribution is 0.129. The van der Waals surface area contributed by atoms with E-state index in [0.717, 1.165) is 22.6 Å². The smallest absolute Gasteiger partial charge is 0.319 e. The fourth-order valence-electron chi connectivity index (χ4n) is 2.56. The topological polar surface area (TPSA) is 74.2 Å². The molecule has 0 fully saturated rings. The third-order valence-corrected chi connectivity index (χ3v) is 3.34. The average Bonchev–Trinajstić information content (AvgIpc) is 2.29. The number of hydrogen-bond donors (Lipinski definition) is 3. The lowest BCUT2D eigenvalue weighted by atomic mass is 9.87. The van der Waals surface area contributed by atoms with Gasteiger partial charge in [-0.3, -0.25) is 4.98 Å². The first-order valence-electron chi connectivity index (χ1n) is 7.28. The molecule has 0 bridgehead atoms. The van der Waals surface area contributed by atoms with Gasteiger partial charge in [-0.15, -0.1) is 0 Å². The van der Waals surface area contributed by atoms with Gasteiger partial charge in [0, 0.05) is 12.2 Å². The van der Waals surface area contributed by atoms with Crippen molar-refractivity contribution in [3.63, 3.8) is 0 Å². The van der Waals surface area contributed by atoms with Crippen LogP contribution in [-0.2, 0) is 0 Å². The van der Waals surface area contributed by atoms with Gasteiger partial charge < -0.3 is 15.7 Å². The maximum atomic E-state index is 12.0. The third-order valence-electron chi connectivity index (χ3n) is 3.34. The van der Waals surface area contributed by atoms with E-state index in [0.29, 0.717) is 13.0 Å². The number of amides is 2. The summed E-state index contributed by atoms with van der Waals surface area (Å²) in [4.78, 5) is 16.4. The number of carbonyl (C=O) groups is 1. The quantitative estimate of drug-likeness (QED) is 0.781. The highest BCUT2D eigenvalue weighted by molar-refractivity contribution is 5.90. The molecule has 21 heavy (non-hydrogen) atoms. The minimum Gasteiger partial charge on any atom is -0.393 e. The molecule has 1 aromatic heterocycles. The van der Waals surface area contributed by atoms with Gasteiger partial charge in [0.25, 0.3) is 0 Å². The van der Waals surface area contributed by atoms with Crippen molar-refractivity contribution in [2.75, 3.05) is 11.9 Å². The Morgan fingerprint density at radius 2 is 2.00 bits per heavy atom. The van der Waals surface area contributed by atoms with Gasteiger partial charge in [0.2, 0.25) is 0 Å². The molecule has 1 aromatic rings. The third kappa shape index (κ3) is 5.71. The monoisotopic (exact) mass is 293 g/mol. The molecule has 0 radical (unpaired) electrons. The van der Waals surface area contributed by atoms with Crippen molar-refractivity contribution >= 4 is 11.7 Å². The molecule has 0 aromatic carbocycles. The second-order valence-corrected chi connectivity index (χ2v) is 6.57. The number of urea groups is 1. The van der Waals surface area contributed by atoms with Gasteiger partial charge in [0.1, 0.15) is 0 Å². The van der Waals surface area contributed by atoms with Crippen molar-refractivity contribution in [2.24, 2.45) is 5.41 Å². The van der Waals surface area contributed by atoms with Crippen LogP contribution in [0.3, 0.4) is 0 Å². The zero-order valence-electron chi connectivity index (χ0n) is 13.9. The summed E-state index contributed by atoms with van der Waals surface area (Å²) in [6.07, 6.45) is 0.257. The highest BCUT2D eigenvalue weighted by atomic mass is 16.3. The van der Waals surface area contributed by atoms with E-state index >= 15 is 0 Å². The molecule has 0 saturated heterocycles. The van der Waals surface area contributed by atoms with E-state index in [2.05, 4.69) is 15.6 Å². The summed E-state index contributed by atoms with van der Waals surface area (Å²) in [5.41, 5.74) is 3.35. The minimum absolute atomic E-state index is 0.152. The summed E-state index contributed by atoms with van der Waals surface area (Å²) in [6.45, 7) is 12.1. The lowest BCUT2D eigenvalue weighted by Crippen LogP contribution is -2.38. The van der Waals surface area contributed by atoms with Crippen LogP contribution in [-0.4, -0.2) is 28.8 Å². The Hall–Kier alpha value is -1.62. The molecule has 0 aliphatic heterocycles. The van der Waals surface area contributed by atoms with Crippen molar-refractivity contribution in [2.45, 2.75) is 54.1 Å². The molecule has 1 unspecified atom stereocenters. The summed E-state index contributed by atoms with van der Waals surface area (Å²) in [7, 11) is 0. The van der Waals surface area contributed by atoms with E-state index in [4.69, 9.17) is 0 Å². The lowest BCUT2D eigenvalue weighted by Gasteiger charge is -2.26. The van der Waals surface area contributed by atoms with E-state index in [1.54, 1.807) is 6.92 Å². The maximum absolute atomic E-state index is 12.0. The second-order valence-electron chi connectivity index (χ2n) is 6.57. The number of aliphatic hydroxyl groups excluding tert-OH is 1. The molecule has 118 valence electrons. The second kappa shape index (κ2) is 6.89. The fraction of sp³-hybridized carbons (Fsp3) is 0.625. The number of nitrogens with zero attached hydrogens (tertiary/aromatic N) is 1. The van der Waals surface area contributed by atoms with Crippen LogP contribution in [0, 0.1) is 26.2 Å². The molecule has 1 rings (SSSR count). The van der Waals surface area contributed by atoms with E-state index in [1.165, 1.54) is 0 Å². The van der Waals surface area contributed by atoms with Crippen molar-refractivity contribution in [1.29, 1.82) is 0 Å². The number of carbonyl (C=O) groups excluding carboxylic acids is 1. The molecule has 0 spiro atoms. The van der Waals surface area contributed by atoms with Crippen LogP contribution in [0.25, 0.3) is 0 Å². The Kier molecular flexibility index (Phi) is 5.72. The Morgan fingerprint density at radius 1 is 1.38 bits per heavy atom. The number of hydrogen-bond acceptors (Lipinski definition) is 3. The van der Waals surface area contributed by atoms with Crippen LogP contribution in [0.15, 0.2) is 6.07 Å². The van der Waals surface area contributed by atoms with Crippen molar-refractivity contribution in [3.05, 3.63) is 23.0 Å². The first-order valence-corrected chi connectivity index (χ1v) is 7.28. The van der Waals surface area contributed by atoms with Gasteiger partial charge in [-0.05, 0) is 51.2 Å². The molecule has 0 saturated carbocycles. The van der Waals surface area contributed by atoms with Crippen LogP contribution in [0.1, 0.15) is 44.1 Å². The molecule has 3 N–H and O–H groups in total. The van der Waals surface area contributed by atoms with Crippen LogP contribution < -0.4 is 10.6 Å². The first kappa shape index (κ1) is 17.4. The summed E-state index contributed by atoms with van der Waals surface area (Å²) in [5.74, 6) is 0. The number of pyridine rings is 1. The zero-order valence-corrected chi connectivity index (χ0v) is 13.9. The van der Waals surface area contributed by atoms with Crippen LogP contribution in [0.2, 0.25) is 0 Å². The number of anilines is 1. The minimum atomic E-state index is -0.379. The summed E-state index contributed by atoms with van der Waals surface area (Å²) < 4.78 is 0. The number of aliphatic hydroxyl groups is 1. The predicted octanol–water partition coefficient (Wildman–Crippen LogP) is 2.93. The van der Waals surface area contributed by atoms with Crippen molar-refractivity contribution in [1.82, 2.24) is 10.3 Å². The highest BCUT2D eigenvalue weighted by Gasteiger charge is 2.21. The predicted molar refractivity (Wildman–Crippen MR) is 85.5 cm³/mol. The van der Waals surface area contributed by atoms with Crippen LogP contribution in [0.5, 0.6) is 0 Å². The van der Waals surface area contributed by atoms with Crippen LogP contribution >= 0.6 is 0 Å². The van der Waals surface area contributed by atoms with E-state index in [-0.39, 0.29) is 17.6 Å². The standard InChI is InChI=1S/C16H27N3O2/c1-10-7-11(2)18-13(4)14(10)19-15(21)17-9-16(5,6)8-12(3)20/h7,12,20H,8-9H2,1-6H3,(H2,17,19,21). The zero-order chi connectivity index (χ0) is 16.2. The Balaban J connectivity index is 2.63. The van der Waals surface area contributed by atoms with Crippen molar-refractivity contribution < 1.29 is 9.90 Å². The molecular formula is C16H27N3O2. The van der Waals surface area contributed by atoms with Gasteiger partial charge in [0.15, 0.2) is 0 Å². The fourth-order valence-corrected chi connectivity index (χ4v) is 2.56. The van der Waals surface area contributed by atoms with Gasteiger partial charge in [0.05, 0.1) is 17.5 Å². The van der Waals surface area contributed by atoms with Crippen LogP contribution in [0.4, 0.5) is 10.5 Å². The van der Waals surface area contributed by atoms with Gasteiger partial charge in [-0.25, -0.2) is 4.79 Å². The Bertz CT molecular complexity index is 487. The first-order chi connectivity index (χ1) is 9.60. The van der Waals surface area contributed by atoms with Crippen molar-refractivity contribution in [3.8, 4) is 0 Å². The van der Waals surface area contributed by atoms with E-state index in [9.17, 15) is 9.90 Å². The van der Waals surface area contributed by atoms with E-state index in [1.807, 2.05) is 40.7 Å². The summed E-state index contributed by atoms with van der Waals surface area (Å²) >= 11 is 0. The molecular weight excluding hydrogens is 266 g/mol. The summed E-state index contributed by atoms with van der Waals surface area (Å²) in [6, 6.07) is 1.70. The molecule has 0 aliphatic carbocycles.